The molecule has 1 amide bonds. The number of hydrogen-bond donors (Lipinski definition) is 1. The van der Waals surface area contributed by atoms with Crippen LogP contribution >= 0.6 is 0 Å². The van der Waals surface area contributed by atoms with Crippen LogP contribution in [-0.4, -0.2) is 31.1 Å². The molecule has 1 aliphatic heterocycles. The number of esters is 1. The van der Waals surface area contributed by atoms with Crippen LogP contribution in [0.4, 0.5) is 5.69 Å². The minimum atomic E-state index is -0.532. The first kappa shape index (κ1) is 19.9. The third-order valence-electron chi connectivity index (χ3n) is 5.29. The second kappa shape index (κ2) is 8.57. The fourth-order valence-corrected chi connectivity index (χ4v) is 3.78. The summed E-state index contributed by atoms with van der Waals surface area (Å²) in [6.45, 7) is 1.02. The monoisotopic (exact) mass is 409 g/mol. The summed E-state index contributed by atoms with van der Waals surface area (Å²) in [6, 6.07) is 9.14. The maximum atomic E-state index is 12.3. The second-order valence-corrected chi connectivity index (χ2v) is 7.50. The fraction of sp³-hybridized carbons (Fsp3) is 0.348. The molecule has 4 rings (SSSR count). The molecule has 0 unspecified atom stereocenters. The molecule has 30 heavy (non-hydrogen) atoms. The predicted molar refractivity (Wildman–Crippen MR) is 109 cm³/mol. The van der Waals surface area contributed by atoms with Crippen LogP contribution in [0.25, 0.3) is 0 Å². The van der Waals surface area contributed by atoms with Crippen molar-refractivity contribution in [1.82, 2.24) is 0 Å². The van der Waals surface area contributed by atoms with Gasteiger partial charge in [-0.1, -0.05) is 18.2 Å². The molecule has 2 aromatic carbocycles. The van der Waals surface area contributed by atoms with E-state index in [1.807, 2.05) is 6.07 Å². The van der Waals surface area contributed by atoms with Gasteiger partial charge in [-0.05, 0) is 55.4 Å². The summed E-state index contributed by atoms with van der Waals surface area (Å²) in [5, 5.41) is 2.61. The number of ether oxygens (including phenoxy) is 3. The Morgan fingerprint density at radius 2 is 1.73 bits per heavy atom. The van der Waals surface area contributed by atoms with Gasteiger partial charge in [-0.15, -0.1) is 0 Å². The van der Waals surface area contributed by atoms with Crippen molar-refractivity contribution in [2.24, 2.45) is 0 Å². The van der Waals surface area contributed by atoms with E-state index in [9.17, 15) is 14.4 Å². The largest absolute Gasteiger partial charge is 0.455 e. The zero-order valence-electron chi connectivity index (χ0n) is 16.8. The molecular weight excluding hydrogens is 386 g/mol. The van der Waals surface area contributed by atoms with E-state index in [0.29, 0.717) is 22.7 Å². The number of fused-ring (bicyclic) bond motifs is 2. The Morgan fingerprint density at radius 1 is 1.00 bits per heavy atom. The summed E-state index contributed by atoms with van der Waals surface area (Å²) in [4.78, 5) is 36.3. The van der Waals surface area contributed by atoms with Gasteiger partial charge in [-0.3, -0.25) is 14.4 Å². The Hall–Kier alpha value is -3.35. The molecule has 0 spiro atoms. The molecule has 2 aliphatic rings. The number of ketones is 1. The van der Waals surface area contributed by atoms with E-state index in [0.717, 1.165) is 18.4 Å². The van der Waals surface area contributed by atoms with E-state index >= 15 is 0 Å². The Labute approximate surface area is 174 Å². The average molecular weight is 409 g/mol. The zero-order chi connectivity index (χ0) is 21.1. The molecule has 0 atom stereocenters. The topological polar surface area (TPSA) is 90.9 Å². The molecule has 0 saturated carbocycles. The van der Waals surface area contributed by atoms with Crippen LogP contribution in [0.15, 0.2) is 30.3 Å². The number of rotatable bonds is 6. The van der Waals surface area contributed by atoms with Crippen molar-refractivity contribution >= 4 is 23.3 Å². The number of amides is 1. The highest BCUT2D eigenvalue weighted by atomic mass is 16.7. The van der Waals surface area contributed by atoms with Gasteiger partial charge < -0.3 is 19.5 Å². The molecule has 0 saturated heterocycles. The predicted octanol–water partition coefficient (Wildman–Crippen LogP) is 3.22. The van der Waals surface area contributed by atoms with E-state index < -0.39 is 18.5 Å². The quantitative estimate of drug-likeness (QED) is 0.582. The molecule has 7 heteroatoms. The van der Waals surface area contributed by atoms with Gasteiger partial charge in [-0.25, -0.2) is 0 Å². The van der Waals surface area contributed by atoms with Gasteiger partial charge in [0.2, 0.25) is 6.79 Å². The van der Waals surface area contributed by atoms with Crippen molar-refractivity contribution < 1.29 is 28.6 Å². The van der Waals surface area contributed by atoms with E-state index in [4.69, 9.17) is 14.2 Å². The van der Waals surface area contributed by atoms with Crippen molar-refractivity contribution in [3.05, 3.63) is 52.6 Å². The molecule has 1 N–H and O–H groups in total. The van der Waals surface area contributed by atoms with Gasteiger partial charge in [0.05, 0.1) is 12.1 Å². The second-order valence-electron chi connectivity index (χ2n) is 7.50. The Morgan fingerprint density at radius 3 is 2.50 bits per heavy atom. The zero-order valence-corrected chi connectivity index (χ0v) is 16.8. The lowest BCUT2D eigenvalue weighted by Crippen LogP contribution is -2.22. The minimum Gasteiger partial charge on any atom is -0.455 e. The van der Waals surface area contributed by atoms with Crippen molar-refractivity contribution in [1.29, 1.82) is 0 Å². The SMILES string of the molecule is CC(=O)c1cc2c(cc1NC(=O)COC(=O)Cc1ccc3c(c1)CCCC3)OCO2. The van der Waals surface area contributed by atoms with Gasteiger partial charge in [0, 0.05) is 11.6 Å². The number of benzene rings is 2. The number of carbonyl (C=O) groups is 3. The smallest absolute Gasteiger partial charge is 0.310 e. The lowest BCUT2D eigenvalue weighted by molar-refractivity contribution is -0.146. The van der Waals surface area contributed by atoms with Gasteiger partial charge in [0.25, 0.3) is 5.91 Å². The van der Waals surface area contributed by atoms with Crippen molar-refractivity contribution in [2.45, 2.75) is 39.0 Å². The van der Waals surface area contributed by atoms with Crippen LogP contribution in [0.1, 0.15) is 46.8 Å². The minimum absolute atomic E-state index is 0.0599. The Balaban J connectivity index is 1.34. The lowest BCUT2D eigenvalue weighted by Gasteiger charge is -2.16. The van der Waals surface area contributed by atoms with Crippen molar-refractivity contribution in [2.75, 3.05) is 18.7 Å². The summed E-state index contributed by atoms with van der Waals surface area (Å²) in [5.41, 5.74) is 4.12. The fourth-order valence-electron chi connectivity index (χ4n) is 3.78. The summed E-state index contributed by atoms with van der Waals surface area (Å²) in [5.74, 6) is -0.337. The van der Waals surface area contributed by atoms with Crippen molar-refractivity contribution in [3.8, 4) is 11.5 Å². The van der Waals surface area contributed by atoms with Gasteiger partial charge in [0.1, 0.15) is 0 Å². The molecule has 1 aliphatic carbocycles. The Bertz CT molecular complexity index is 1010. The van der Waals surface area contributed by atoms with E-state index in [2.05, 4.69) is 17.4 Å². The molecule has 2 aromatic rings. The first-order valence-electron chi connectivity index (χ1n) is 10.0. The molecule has 0 aromatic heterocycles. The highest BCUT2D eigenvalue weighted by Crippen LogP contribution is 2.37. The average Bonchev–Trinajstić information content (AvgIpc) is 3.19. The maximum Gasteiger partial charge on any atom is 0.310 e. The number of nitrogens with one attached hydrogen (secondary N) is 1. The third kappa shape index (κ3) is 4.45. The van der Waals surface area contributed by atoms with Crippen LogP contribution in [-0.2, 0) is 33.6 Å². The van der Waals surface area contributed by atoms with E-state index in [-0.39, 0.29) is 19.0 Å². The number of hydrogen-bond acceptors (Lipinski definition) is 6. The lowest BCUT2D eigenvalue weighted by atomic mass is 9.90. The number of Topliss-reactive ketones (excluding diaryl/α,β-unsaturated/α-hetero) is 1. The highest BCUT2D eigenvalue weighted by Gasteiger charge is 2.21. The summed E-state index contributed by atoms with van der Waals surface area (Å²) >= 11 is 0. The third-order valence-corrected chi connectivity index (χ3v) is 5.29. The van der Waals surface area contributed by atoms with Crippen molar-refractivity contribution in [3.63, 3.8) is 0 Å². The van der Waals surface area contributed by atoms with Crippen LogP contribution in [0.5, 0.6) is 11.5 Å². The molecule has 7 nitrogen and oxygen atoms in total. The normalized spacial score (nSPS) is 14.0. The summed E-state index contributed by atoms with van der Waals surface area (Å²) in [6.07, 6.45) is 4.61. The van der Waals surface area contributed by atoms with Gasteiger partial charge in [0.15, 0.2) is 23.9 Å². The molecule has 0 radical (unpaired) electrons. The van der Waals surface area contributed by atoms with Crippen LogP contribution < -0.4 is 14.8 Å². The number of aryl methyl sites for hydroxylation is 2. The number of anilines is 1. The van der Waals surface area contributed by atoms with Gasteiger partial charge in [-0.2, -0.15) is 0 Å². The van der Waals surface area contributed by atoms with Gasteiger partial charge >= 0.3 is 5.97 Å². The number of carbonyl (C=O) groups excluding carboxylic acids is 3. The summed E-state index contributed by atoms with van der Waals surface area (Å²) < 4.78 is 15.7. The molecule has 0 fully saturated rings. The molecule has 156 valence electrons. The first-order valence-corrected chi connectivity index (χ1v) is 10.0. The van der Waals surface area contributed by atoms with Crippen LogP contribution in [0.3, 0.4) is 0 Å². The molecule has 1 heterocycles. The standard InChI is InChI=1S/C23H23NO6/c1-14(25)18-10-20-21(30-13-29-20)11-19(18)24-22(26)12-28-23(27)9-15-6-7-16-4-2-3-5-17(16)8-15/h6-8,10-11H,2-5,9,12-13H2,1H3,(H,24,26). The van der Waals surface area contributed by atoms with E-state index in [1.54, 1.807) is 0 Å². The summed E-state index contributed by atoms with van der Waals surface area (Å²) in [7, 11) is 0. The van der Waals surface area contributed by atoms with E-state index in [1.165, 1.54) is 43.0 Å². The highest BCUT2D eigenvalue weighted by molar-refractivity contribution is 6.05. The first-order chi connectivity index (χ1) is 14.5. The molecule has 0 bridgehead atoms. The van der Waals surface area contributed by atoms with Crippen LogP contribution in [0, 0.1) is 0 Å². The maximum absolute atomic E-state index is 12.3. The van der Waals surface area contributed by atoms with Crippen LogP contribution in [0.2, 0.25) is 0 Å². The Kier molecular flexibility index (Phi) is 5.70. The molecular formula is C23H23NO6.